The molecule has 3 heteroatoms. The minimum Gasteiger partial charge on any atom is -0.381 e. The number of ether oxygens (including phenoxy) is 1. The number of hydrogen-bond donors (Lipinski definition) is 0. The van der Waals surface area contributed by atoms with E-state index < -0.39 is 0 Å². The molecule has 220 valence electrons. The first-order valence-electron chi connectivity index (χ1n) is 16.3. The molecular formula is C36H56F2O. The molecule has 0 aliphatic carbocycles. The van der Waals surface area contributed by atoms with Gasteiger partial charge in [0.05, 0.1) is 0 Å². The van der Waals surface area contributed by atoms with Crippen LogP contribution in [-0.4, -0.2) is 13.2 Å². The number of benzene rings is 2. The summed E-state index contributed by atoms with van der Waals surface area (Å²) in [5.41, 5.74) is 2.51. The number of hydrogen-bond acceptors (Lipinski definition) is 1. The van der Waals surface area contributed by atoms with Crippen molar-refractivity contribution in [1.29, 1.82) is 0 Å². The lowest BCUT2D eigenvalue weighted by atomic mass is 10.0. The molecule has 0 amide bonds. The Labute approximate surface area is 239 Å². The molecule has 0 aliphatic rings. The predicted molar refractivity (Wildman–Crippen MR) is 163 cm³/mol. The molecule has 0 saturated carbocycles. The molecule has 1 nitrogen and oxygen atoms in total. The molecule has 0 fully saturated rings. The van der Waals surface area contributed by atoms with Crippen LogP contribution in [0.5, 0.6) is 0 Å². The summed E-state index contributed by atoms with van der Waals surface area (Å²) in [6.07, 6.45) is 28.5. The van der Waals surface area contributed by atoms with Crippen molar-refractivity contribution in [1.82, 2.24) is 0 Å². The van der Waals surface area contributed by atoms with Crippen molar-refractivity contribution in [3.8, 4) is 0 Å². The van der Waals surface area contributed by atoms with Gasteiger partial charge in [-0.15, -0.1) is 0 Å². The van der Waals surface area contributed by atoms with E-state index in [0.717, 1.165) is 26.1 Å². The molecule has 0 saturated heterocycles. The van der Waals surface area contributed by atoms with Gasteiger partial charge in [0, 0.05) is 13.2 Å². The molecule has 0 atom stereocenters. The lowest BCUT2D eigenvalue weighted by Crippen LogP contribution is -1.97. The minimum atomic E-state index is -0.140. The third-order valence-electron chi connectivity index (χ3n) is 7.83. The van der Waals surface area contributed by atoms with Gasteiger partial charge >= 0.3 is 0 Å². The van der Waals surface area contributed by atoms with E-state index in [0.29, 0.717) is 0 Å². The predicted octanol–water partition coefficient (Wildman–Crippen LogP) is 11.6. The zero-order valence-corrected chi connectivity index (χ0v) is 24.8. The highest BCUT2D eigenvalue weighted by Crippen LogP contribution is 2.15. The maximum atomic E-state index is 12.9. The van der Waals surface area contributed by atoms with E-state index in [2.05, 4.69) is 0 Å². The SMILES string of the molecule is Fc1ccc(CCCCCCCCCCCCOCCCCCCCCCCCCc2ccc(F)cc2)cc1. The smallest absolute Gasteiger partial charge is 0.123 e. The number of aryl methyl sites for hydroxylation is 2. The lowest BCUT2D eigenvalue weighted by Gasteiger charge is -2.06. The van der Waals surface area contributed by atoms with Crippen molar-refractivity contribution in [2.24, 2.45) is 0 Å². The highest BCUT2D eigenvalue weighted by molar-refractivity contribution is 5.16. The van der Waals surface area contributed by atoms with Gasteiger partial charge in [0.25, 0.3) is 0 Å². The normalized spacial score (nSPS) is 11.3. The summed E-state index contributed by atoms with van der Waals surface area (Å²) in [5.74, 6) is -0.280. The van der Waals surface area contributed by atoms with E-state index in [1.54, 1.807) is 24.3 Å². The van der Waals surface area contributed by atoms with Crippen LogP contribution in [0.15, 0.2) is 48.5 Å². The van der Waals surface area contributed by atoms with Gasteiger partial charge in [-0.3, -0.25) is 0 Å². The van der Waals surface area contributed by atoms with Crippen LogP contribution in [0.2, 0.25) is 0 Å². The molecule has 39 heavy (non-hydrogen) atoms. The Morgan fingerprint density at radius 2 is 0.590 bits per heavy atom. The summed E-state index contributed by atoms with van der Waals surface area (Å²) in [4.78, 5) is 0. The van der Waals surface area contributed by atoms with Crippen LogP contribution < -0.4 is 0 Å². The largest absolute Gasteiger partial charge is 0.381 e. The summed E-state index contributed by atoms with van der Waals surface area (Å²) in [7, 11) is 0. The maximum absolute atomic E-state index is 12.9. The van der Waals surface area contributed by atoms with E-state index in [1.807, 2.05) is 24.3 Å². The van der Waals surface area contributed by atoms with E-state index in [9.17, 15) is 8.78 Å². The Balaban J connectivity index is 1.18. The first-order chi connectivity index (χ1) is 19.2. The van der Waals surface area contributed by atoms with Gasteiger partial charge in [-0.1, -0.05) is 127 Å². The highest BCUT2D eigenvalue weighted by Gasteiger charge is 1.98. The van der Waals surface area contributed by atoms with Gasteiger partial charge in [0.1, 0.15) is 11.6 Å². The molecule has 0 heterocycles. The number of halogens is 2. The van der Waals surface area contributed by atoms with Crippen LogP contribution in [0.3, 0.4) is 0 Å². The second kappa shape index (κ2) is 24.1. The molecule has 0 aromatic heterocycles. The van der Waals surface area contributed by atoms with Crippen molar-refractivity contribution >= 4 is 0 Å². The zero-order chi connectivity index (χ0) is 27.6. The molecular weight excluding hydrogens is 486 g/mol. The summed E-state index contributed by atoms with van der Waals surface area (Å²) >= 11 is 0. The Morgan fingerprint density at radius 1 is 0.333 bits per heavy atom. The molecule has 0 aliphatic heterocycles. The van der Waals surface area contributed by atoms with Gasteiger partial charge in [-0.2, -0.15) is 0 Å². The molecule has 2 aromatic carbocycles. The number of rotatable bonds is 26. The van der Waals surface area contributed by atoms with Gasteiger partial charge in [-0.05, 0) is 73.9 Å². The summed E-state index contributed by atoms with van der Waals surface area (Å²) < 4.78 is 31.7. The monoisotopic (exact) mass is 542 g/mol. The Hall–Kier alpha value is -1.74. The van der Waals surface area contributed by atoms with Gasteiger partial charge in [0.2, 0.25) is 0 Å². The van der Waals surface area contributed by atoms with Crippen LogP contribution in [0, 0.1) is 11.6 Å². The lowest BCUT2D eigenvalue weighted by molar-refractivity contribution is 0.125. The van der Waals surface area contributed by atoms with E-state index in [1.165, 1.54) is 140 Å². The van der Waals surface area contributed by atoms with Gasteiger partial charge < -0.3 is 4.74 Å². The average molecular weight is 543 g/mol. The molecule has 2 rings (SSSR count). The van der Waals surface area contributed by atoms with Crippen molar-refractivity contribution in [2.75, 3.05) is 13.2 Å². The standard InChI is InChI=1S/C36H56F2O/c37-35-27-23-33(24-28-35)21-17-13-9-5-1-3-7-11-15-19-31-39-32-20-16-12-8-4-2-6-10-14-18-22-34-25-29-36(38)30-26-34/h23-30H,1-22,31-32H2. The first-order valence-corrected chi connectivity index (χ1v) is 16.3. The van der Waals surface area contributed by atoms with E-state index in [-0.39, 0.29) is 11.6 Å². The van der Waals surface area contributed by atoms with Gasteiger partial charge in [-0.25, -0.2) is 8.78 Å². The van der Waals surface area contributed by atoms with Gasteiger partial charge in [0.15, 0.2) is 0 Å². The third kappa shape index (κ3) is 19.9. The Bertz CT molecular complexity index is 719. The molecule has 0 spiro atoms. The summed E-state index contributed by atoms with van der Waals surface area (Å²) in [6, 6.07) is 13.9. The fraction of sp³-hybridized carbons (Fsp3) is 0.667. The van der Waals surface area contributed by atoms with Crippen molar-refractivity contribution in [3.05, 3.63) is 71.3 Å². The second-order valence-electron chi connectivity index (χ2n) is 11.4. The van der Waals surface area contributed by atoms with Crippen LogP contribution >= 0.6 is 0 Å². The topological polar surface area (TPSA) is 9.23 Å². The van der Waals surface area contributed by atoms with Crippen LogP contribution in [0.25, 0.3) is 0 Å². The fourth-order valence-corrected chi connectivity index (χ4v) is 5.30. The van der Waals surface area contributed by atoms with Crippen molar-refractivity contribution in [3.63, 3.8) is 0 Å². The Kier molecular flexibility index (Phi) is 20.7. The summed E-state index contributed by atoms with van der Waals surface area (Å²) in [6.45, 7) is 1.88. The van der Waals surface area contributed by atoms with Crippen molar-refractivity contribution < 1.29 is 13.5 Å². The third-order valence-corrected chi connectivity index (χ3v) is 7.83. The maximum Gasteiger partial charge on any atom is 0.123 e. The minimum absolute atomic E-state index is 0.140. The molecule has 0 bridgehead atoms. The second-order valence-corrected chi connectivity index (χ2v) is 11.4. The molecule has 0 unspecified atom stereocenters. The first kappa shape index (κ1) is 33.5. The summed E-state index contributed by atoms with van der Waals surface area (Å²) in [5, 5.41) is 0. The van der Waals surface area contributed by atoms with E-state index >= 15 is 0 Å². The van der Waals surface area contributed by atoms with E-state index in [4.69, 9.17) is 4.74 Å². The molecule has 0 radical (unpaired) electrons. The Morgan fingerprint density at radius 3 is 0.897 bits per heavy atom. The molecule has 0 N–H and O–H groups in total. The fourth-order valence-electron chi connectivity index (χ4n) is 5.30. The van der Waals surface area contributed by atoms with Crippen LogP contribution in [0.1, 0.15) is 140 Å². The molecule has 2 aromatic rings. The van der Waals surface area contributed by atoms with Crippen LogP contribution in [0.4, 0.5) is 8.78 Å². The quantitative estimate of drug-likeness (QED) is 0.107. The average Bonchev–Trinajstić information content (AvgIpc) is 2.95. The highest BCUT2D eigenvalue weighted by atomic mass is 19.1. The number of unbranched alkanes of at least 4 members (excludes halogenated alkanes) is 18. The zero-order valence-electron chi connectivity index (χ0n) is 24.8. The van der Waals surface area contributed by atoms with Crippen molar-refractivity contribution in [2.45, 2.75) is 141 Å². The van der Waals surface area contributed by atoms with Crippen LogP contribution in [-0.2, 0) is 17.6 Å².